The zero-order valence-corrected chi connectivity index (χ0v) is 10.6. The lowest BCUT2D eigenvalue weighted by molar-refractivity contribution is 0.271. The average Bonchev–Trinajstić information content (AvgIpc) is 2.41. The van der Waals surface area contributed by atoms with Crippen molar-refractivity contribution in [2.24, 2.45) is 0 Å². The van der Waals surface area contributed by atoms with E-state index in [-0.39, 0.29) is 0 Å². The van der Waals surface area contributed by atoms with E-state index in [1.54, 1.807) is 6.20 Å². The van der Waals surface area contributed by atoms with Crippen molar-refractivity contribution < 1.29 is 0 Å². The van der Waals surface area contributed by atoms with E-state index >= 15 is 0 Å². The van der Waals surface area contributed by atoms with Crippen molar-refractivity contribution in [3.63, 3.8) is 0 Å². The van der Waals surface area contributed by atoms with Crippen molar-refractivity contribution >= 4 is 5.82 Å². The van der Waals surface area contributed by atoms with Crippen molar-refractivity contribution in [1.29, 1.82) is 0 Å². The zero-order valence-electron chi connectivity index (χ0n) is 10.6. The molecule has 0 radical (unpaired) electrons. The third kappa shape index (κ3) is 3.28. The Balaban J connectivity index is 2.04. The van der Waals surface area contributed by atoms with Crippen molar-refractivity contribution in [3.8, 4) is 0 Å². The molecule has 0 spiro atoms. The summed E-state index contributed by atoms with van der Waals surface area (Å²) in [6.07, 6.45) is 5.36. The van der Waals surface area contributed by atoms with Gasteiger partial charge in [-0.15, -0.1) is 0 Å². The standard InChI is InChI=1S/C14H18N4/c1-2-18(10-12-5-8-16-9-6-12)11-13-4-3-7-17-14(13)15/h3-9H,2,10-11H2,1H3,(H2,15,17). The molecule has 0 saturated carbocycles. The van der Waals surface area contributed by atoms with Gasteiger partial charge in [0.15, 0.2) is 0 Å². The number of hydrogen-bond donors (Lipinski definition) is 1. The molecule has 94 valence electrons. The van der Waals surface area contributed by atoms with Crippen molar-refractivity contribution in [3.05, 3.63) is 54.0 Å². The molecule has 0 amide bonds. The lowest BCUT2D eigenvalue weighted by Crippen LogP contribution is -2.23. The summed E-state index contributed by atoms with van der Waals surface area (Å²) in [5.74, 6) is 0.616. The first-order chi connectivity index (χ1) is 8.79. The molecule has 2 aromatic heterocycles. The summed E-state index contributed by atoms with van der Waals surface area (Å²) in [5, 5.41) is 0. The highest BCUT2D eigenvalue weighted by Crippen LogP contribution is 2.12. The smallest absolute Gasteiger partial charge is 0.127 e. The summed E-state index contributed by atoms with van der Waals surface area (Å²) < 4.78 is 0. The maximum Gasteiger partial charge on any atom is 0.127 e. The van der Waals surface area contributed by atoms with E-state index in [4.69, 9.17) is 5.73 Å². The Labute approximate surface area is 107 Å². The van der Waals surface area contributed by atoms with Gasteiger partial charge in [0.1, 0.15) is 5.82 Å². The summed E-state index contributed by atoms with van der Waals surface area (Å²) in [6, 6.07) is 8.02. The first-order valence-electron chi connectivity index (χ1n) is 6.10. The van der Waals surface area contributed by atoms with Crippen LogP contribution in [0, 0.1) is 0 Å². The number of anilines is 1. The molecule has 4 heteroatoms. The zero-order chi connectivity index (χ0) is 12.8. The molecule has 0 aromatic carbocycles. The monoisotopic (exact) mass is 242 g/mol. The largest absolute Gasteiger partial charge is 0.383 e. The van der Waals surface area contributed by atoms with Gasteiger partial charge >= 0.3 is 0 Å². The second-order valence-electron chi connectivity index (χ2n) is 4.21. The van der Waals surface area contributed by atoms with Gasteiger partial charge in [-0.3, -0.25) is 9.88 Å². The van der Waals surface area contributed by atoms with Crippen LogP contribution in [0.5, 0.6) is 0 Å². The molecule has 2 heterocycles. The summed E-state index contributed by atoms with van der Waals surface area (Å²) in [4.78, 5) is 10.5. The minimum Gasteiger partial charge on any atom is -0.383 e. The first-order valence-corrected chi connectivity index (χ1v) is 6.10. The first kappa shape index (κ1) is 12.5. The molecule has 0 bridgehead atoms. The molecule has 0 atom stereocenters. The quantitative estimate of drug-likeness (QED) is 0.872. The molecule has 4 nitrogen and oxygen atoms in total. The van der Waals surface area contributed by atoms with E-state index in [2.05, 4.69) is 21.8 Å². The predicted molar refractivity (Wildman–Crippen MR) is 72.7 cm³/mol. The van der Waals surface area contributed by atoms with Crippen molar-refractivity contribution in [2.45, 2.75) is 20.0 Å². The Morgan fingerprint density at radius 2 is 1.89 bits per heavy atom. The lowest BCUT2D eigenvalue weighted by atomic mass is 10.2. The number of pyridine rings is 2. The van der Waals surface area contributed by atoms with Crippen LogP contribution in [-0.2, 0) is 13.1 Å². The summed E-state index contributed by atoms with van der Waals surface area (Å²) in [5.41, 5.74) is 8.21. The number of nitrogens with zero attached hydrogens (tertiary/aromatic N) is 3. The van der Waals surface area contributed by atoms with Gasteiger partial charge < -0.3 is 5.73 Å². The van der Waals surface area contributed by atoms with Crippen LogP contribution < -0.4 is 5.73 Å². The van der Waals surface area contributed by atoms with E-state index in [0.717, 1.165) is 25.2 Å². The van der Waals surface area contributed by atoms with Gasteiger partial charge in [0.05, 0.1) is 0 Å². The molecule has 18 heavy (non-hydrogen) atoms. The van der Waals surface area contributed by atoms with Gasteiger partial charge in [0.2, 0.25) is 0 Å². The maximum atomic E-state index is 5.87. The minimum atomic E-state index is 0.616. The fourth-order valence-electron chi connectivity index (χ4n) is 1.85. The molecular formula is C14H18N4. The summed E-state index contributed by atoms with van der Waals surface area (Å²) >= 11 is 0. The van der Waals surface area contributed by atoms with Gasteiger partial charge in [-0.2, -0.15) is 0 Å². The fourth-order valence-corrected chi connectivity index (χ4v) is 1.85. The number of nitrogen functional groups attached to an aromatic ring is 1. The van der Waals surface area contributed by atoms with Gasteiger partial charge in [0, 0.05) is 37.2 Å². The second kappa shape index (κ2) is 6.12. The Hall–Kier alpha value is -1.94. The van der Waals surface area contributed by atoms with Crippen molar-refractivity contribution in [1.82, 2.24) is 14.9 Å². The van der Waals surface area contributed by atoms with Crippen LogP contribution in [0.2, 0.25) is 0 Å². The summed E-state index contributed by atoms with van der Waals surface area (Å²) in [6.45, 7) is 4.83. The predicted octanol–water partition coefficient (Wildman–Crippen LogP) is 2.08. The SMILES string of the molecule is CCN(Cc1ccncc1)Cc1cccnc1N. The molecule has 0 unspecified atom stereocenters. The molecule has 0 aliphatic rings. The lowest BCUT2D eigenvalue weighted by Gasteiger charge is -2.21. The highest BCUT2D eigenvalue weighted by molar-refractivity contribution is 5.38. The second-order valence-corrected chi connectivity index (χ2v) is 4.21. The molecule has 2 aromatic rings. The molecule has 0 aliphatic heterocycles. The van der Waals surface area contributed by atoms with Crippen LogP contribution in [0.25, 0.3) is 0 Å². The number of hydrogen-bond acceptors (Lipinski definition) is 4. The molecule has 2 rings (SSSR count). The maximum absolute atomic E-state index is 5.87. The van der Waals surface area contributed by atoms with Crippen LogP contribution in [-0.4, -0.2) is 21.4 Å². The Kier molecular flexibility index (Phi) is 4.25. The number of rotatable bonds is 5. The molecular weight excluding hydrogens is 224 g/mol. The Morgan fingerprint density at radius 3 is 2.56 bits per heavy atom. The molecule has 0 fully saturated rings. The van der Waals surface area contributed by atoms with Crippen molar-refractivity contribution in [2.75, 3.05) is 12.3 Å². The Bertz CT molecular complexity index is 484. The fraction of sp³-hybridized carbons (Fsp3) is 0.286. The van der Waals surface area contributed by atoms with E-state index in [9.17, 15) is 0 Å². The van der Waals surface area contributed by atoms with Gasteiger partial charge in [0.25, 0.3) is 0 Å². The van der Waals surface area contributed by atoms with Crippen LogP contribution in [0.1, 0.15) is 18.1 Å². The highest BCUT2D eigenvalue weighted by Gasteiger charge is 2.07. The molecule has 0 saturated heterocycles. The van der Waals surface area contributed by atoms with E-state index in [1.165, 1.54) is 5.56 Å². The highest BCUT2D eigenvalue weighted by atomic mass is 15.1. The van der Waals surface area contributed by atoms with E-state index < -0.39 is 0 Å². The van der Waals surface area contributed by atoms with Gasteiger partial charge in [-0.05, 0) is 30.3 Å². The number of aromatic nitrogens is 2. The molecule has 0 aliphatic carbocycles. The van der Waals surface area contributed by atoms with Crippen LogP contribution in [0.15, 0.2) is 42.9 Å². The normalized spacial score (nSPS) is 10.8. The van der Waals surface area contributed by atoms with E-state index in [1.807, 2.05) is 36.7 Å². The Morgan fingerprint density at radius 1 is 1.11 bits per heavy atom. The topological polar surface area (TPSA) is 55.0 Å². The third-order valence-corrected chi connectivity index (χ3v) is 2.92. The average molecular weight is 242 g/mol. The number of nitrogens with two attached hydrogens (primary N) is 1. The third-order valence-electron chi connectivity index (χ3n) is 2.92. The van der Waals surface area contributed by atoms with Gasteiger partial charge in [-0.1, -0.05) is 13.0 Å². The van der Waals surface area contributed by atoms with Crippen LogP contribution in [0.3, 0.4) is 0 Å². The minimum absolute atomic E-state index is 0.616. The summed E-state index contributed by atoms with van der Waals surface area (Å²) in [7, 11) is 0. The molecule has 2 N–H and O–H groups in total. The van der Waals surface area contributed by atoms with Crippen LogP contribution in [0.4, 0.5) is 5.82 Å². The van der Waals surface area contributed by atoms with E-state index in [0.29, 0.717) is 5.82 Å². The van der Waals surface area contributed by atoms with Crippen LogP contribution >= 0.6 is 0 Å². The van der Waals surface area contributed by atoms with Gasteiger partial charge in [-0.25, -0.2) is 4.98 Å².